The van der Waals surface area contributed by atoms with Crippen LogP contribution in [-0.4, -0.2) is 28.2 Å². The zero-order valence-corrected chi connectivity index (χ0v) is 19.7. The molecule has 0 aliphatic rings. The van der Waals surface area contributed by atoms with Crippen molar-refractivity contribution < 1.29 is 19.4 Å². The van der Waals surface area contributed by atoms with Crippen LogP contribution in [0.5, 0.6) is 0 Å². The Hall–Kier alpha value is -4.12. The predicted molar refractivity (Wildman–Crippen MR) is 138 cm³/mol. The molecule has 176 valence electrons. The van der Waals surface area contributed by atoms with Crippen molar-refractivity contribution in [2.24, 2.45) is 0 Å². The average Bonchev–Trinajstić information content (AvgIpc) is 3.21. The molecule has 3 aromatic rings. The number of aromatic carboxylic acids is 1. The summed E-state index contributed by atoms with van der Waals surface area (Å²) in [7, 11) is 0. The lowest BCUT2D eigenvalue weighted by atomic mass is 10.1. The first-order valence-corrected chi connectivity index (χ1v) is 11.1. The molecule has 0 saturated heterocycles. The third kappa shape index (κ3) is 6.94. The van der Waals surface area contributed by atoms with E-state index >= 15 is 0 Å². The zero-order valence-electron chi connectivity index (χ0n) is 19.7. The van der Waals surface area contributed by atoms with Crippen LogP contribution in [0.15, 0.2) is 92.0 Å². The van der Waals surface area contributed by atoms with E-state index in [0.717, 1.165) is 12.1 Å². The molecule has 0 atom stereocenters. The highest BCUT2D eigenvalue weighted by Gasteiger charge is 2.21. The molecule has 0 aliphatic carbocycles. The Morgan fingerprint density at radius 2 is 1.74 bits per heavy atom. The maximum absolute atomic E-state index is 12.7. The second kappa shape index (κ2) is 13.4. The highest BCUT2D eigenvalue weighted by molar-refractivity contribution is 5.94. The second-order valence-corrected chi connectivity index (χ2v) is 7.33. The van der Waals surface area contributed by atoms with E-state index in [2.05, 4.69) is 25.3 Å². The Morgan fingerprint density at radius 3 is 2.35 bits per heavy atom. The number of aromatic nitrogens is 1. The first-order chi connectivity index (χ1) is 16.5. The fraction of sp³-hybridized carbons (Fsp3) is 0.172. The van der Waals surface area contributed by atoms with Crippen molar-refractivity contribution in [2.75, 3.05) is 6.61 Å². The van der Waals surface area contributed by atoms with Crippen LogP contribution >= 0.6 is 0 Å². The van der Waals surface area contributed by atoms with E-state index in [0.29, 0.717) is 23.4 Å². The fourth-order valence-corrected chi connectivity index (χ4v) is 3.46. The highest BCUT2D eigenvalue weighted by atomic mass is 16.5. The molecular formula is C29H31NO4. The Morgan fingerprint density at radius 1 is 1.03 bits per heavy atom. The molecule has 1 aromatic heterocycles. The van der Waals surface area contributed by atoms with Crippen molar-refractivity contribution in [1.29, 1.82) is 0 Å². The Kier molecular flexibility index (Phi) is 10.3. The number of ether oxygens (including phenoxy) is 1. The number of hydrogen-bond donors (Lipinski definition) is 1. The van der Waals surface area contributed by atoms with E-state index in [-0.39, 0.29) is 12.2 Å². The zero-order chi connectivity index (χ0) is 24.9. The molecule has 5 nitrogen and oxygen atoms in total. The fourth-order valence-electron chi connectivity index (χ4n) is 3.46. The Bertz CT molecular complexity index is 1160. The number of hydrogen-bond acceptors (Lipinski definition) is 3. The smallest absolute Gasteiger partial charge is 0.340 e. The first kappa shape index (κ1) is 26.1. The number of nitrogens with zero attached hydrogens (tertiary/aromatic N) is 1. The number of rotatable bonds is 9. The average molecular weight is 458 g/mol. The van der Waals surface area contributed by atoms with Crippen LogP contribution < -0.4 is 0 Å². The summed E-state index contributed by atoms with van der Waals surface area (Å²) in [5.41, 5.74) is 3.97. The van der Waals surface area contributed by atoms with Gasteiger partial charge in [-0.3, -0.25) is 0 Å². The number of aryl methyl sites for hydroxylation is 2. The van der Waals surface area contributed by atoms with Crippen LogP contribution in [0, 0.1) is 0 Å². The molecule has 0 unspecified atom stereocenters. The molecule has 0 radical (unpaired) electrons. The molecule has 1 N–H and O–H groups in total. The van der Waals surface area contributed by atoms with Crippen LogP contribution in [0.2, 0.25) is 0 Å². The minimum atomic E-state index is -1.01. The van der Waals surface area contributed by atoms with Gasteiger partial charge in [-0.25, -0.2) is 9.59 Å². The standard InChI is InChI=1S/C26H25NO4.C3H6/c1-3-5-14-24-23(26(30)31-4-2)18-22(16-15-19-10-7-6-8-11-19)27(24)21-13-9-12-20(17-21)25(28)29;1-3-2/h3,5-14,17-18H,1,4,15-16H2,2H3,(H,28,29);3H,1H2,2H3/b14-5+;. The quantitative estimate of drug-likeness (QED) is 0.225. The van der Waals surface area contributed by atoms with Crippen molar-refractivity contribution in [3.8, 4) is 5.69 Å². The lowest BCUT2D eigenvalue weighted by molar-refractivity contribution is 0.0525. The number of carbonyl (C=O) groups is 2. The number of esters is 1. The molecule has 2 aromatic carbocycles. The summed E-state index contributed by atoms with van der Waals surface area (Å²) in [6, 6.07) is 18.6. The highest BCUT2D eigenvalue weighted by Crippen LogP contribution is 2.26. The SMILES string of the molecule is C=C/C=C/c1c(C(=O)OCC)cc(CCc2ccccc2)n1-c1cccc(C(=O)O)c1.C=CC. The number of carbonyl (C=O) groups excluding carboxylic acids is 1. The molecule has 0 bridgehead atoms. The van der Waals surface area contributed by atoms with Gasteiger partial charge in [0.25, 0.3) is 0 Å². The lowest BCUT2D eigenvalue weighted by Gasteiger charge is -2.13. The monoisotopic (exact) mass is 457 g/mol. The molecule has 34 heavy (non-hydrogen) atoms. The van der Waals surface area contributed by atoms with Gasteiger partial charge in [0.2, 0.25) is 0 Å². The van der Waals surface area contributed by atoms with Crippen LogP contribution in [0.25, 0.3) is 11.8 Å². The maximum atomic E-state index is 12.7. The van der Waals surface area contributed by atoms with Gasteiger partial charge in [0.15, 0.2) is 0 Å². The Labute approximate surface area is 201 Å². The van der Waals surface area contributed by atoms with Gasteiger partial charge >= 0.3 is 11.9 Å². The molecule has 5 heteroatoms. The molecule has 0 aliphatic heterocycles. The summed E-state index contributed by atoms with van der Waals surface area (Å²) < 4.78 is 7.19. The van der Waals surface area contributed by atoms with Crippen molar-refractivity contribution in [3.63, 3.8) is 0 Å². The van der Waals surface area contributed by atoms with Crippen molar-refractivity contribution in [1.82, 2.24) is 4.57 Å². The van der Waals surface area contributed by atoms with Gasteiger partial charge in [-0.15, -0.1) is 6.58 Å². The van der Waals surface area contributed by atoms with Crippen molar-refractivity contribution in [2.45, 2.75) is 26.7 Å². The van der Waals surface area contributed by atoms with E-state index in [4.69, 9.17) is 4.74 Å². The van der Waals surface area contributed by atoms with Gasteiger partial charge in [-0.2, -0.15) is 0 Å². The van der Waals surface area contributed by atoms with Gasteiger partial charge in [-0.05, 0) is 62.6 Å². The number of carboxylic acid groups (broad SMARTS) is 1. The molecule has 0 amide bonds. The third-order valence-electron chi connectivity index (χ3n) is 4.86. The van der Waals surface area contributed by atoms with Crippen molar-refractivity contribution >= 4 is 18.0 Å². The van der Waals surface area contributed by atoms with E-state index in [9.17, 15) is 14.7 Å². The summed E-state index contributed by atoms with van der Waals surface area (Å²) in [4.78, 5) is 24.2. The number of allylic oxidation sites excluding steroid dienone is 3. The van der Waals surface area contributed by atoms with Crippen LogP contribution in [0.3, 0.4) is 0 Å². The largest absolute Gasteiger partial charge is 0.478 e. The summed E-state index contributed by atoms with van der Waals surface area (Å²) in [6.45, 7) is 11.0. The summed E-state index contributed by atoms with van der Waals surface area (Å²) in [6.07, 6.45) is 8.35. The first-order valence-electron chi connectivity index (χ1n) is 11.1. The van der Waals surface area contributed by atoms with Gasteiger partial charge in [0.05, 0.1) is 23.4 Å². The van der Waals surface area contributed by atoms with Crippen molar-refractivity contribution in [3.05, 3.63) is 120 Å². The summed E-state index contributed by atoms with van der Waals surface area (Å²) in [5, 5.41) is 9.44. The summed E-state index contributed by atoms with van der Waals surface area (Å²) in [5.74, 6) is -1.42. The lowest BCUT2D eigenvalue weighted by Crippen LogP contribution is -2.08. The van der Waals surface area contributed by atoms with E-state index in [1.807, 2.05) is 41.8 Å². The molecule has 3 rings (SSSR count). The molecule has 0 fully saturated rings. The predicted octanol–water partition coefficient (Wildman–Crippen LogP) is 6.53. The number of benzene rings is 2. The van der Waals surface area contributed by atoms with Gasteiger partial charge in [0, 0.05) is 11.4 Å². The van der Waals surface area contributed by atoms with Gasteiger partial charge in [0.1, 0.15) is 0 Å². The van der Waals surface area contributed by atoms with Gasteiger partial charge in [-0.1, -0.05) is 61.2 Å². The molecule has 1 heterocycles. The van der Waals surface area contributed by atoms with Crippen LogP contribution in [-0.2, 0) is 17.6 Å². The van der Waals surface area contributed by atoms with Crippen LogP contribution in [0.1, 0.15) is 51.5 Å². The summed E-state index contributed by atoms with van der Waals surface area (Å²) >= 11 is 0. The minimum Gasteiger partial charge on any atom is -0.478 e. The molecule has 0 spiro atoms. The normalized spacial score (nSPS) is 10.3. The Balaban J connectivity index is 0.00000129. The second-order valence-electron chi connectivity index (χ2n) is 7.33. The van der Waals surface area contributed by atoms with E-state index in [1.54, 1.807) is 49.4 Å². The van der Waals surface area contributed by atoms with Gasteiger partial charge < -0.3 is 14.4 Å². The maximum Gasteiger partial charge on any atom is 0.340 e. The third-order valence-corrected chi connectivity index (χ3v) is 4.86. The molecule has 0 saturated carbocycles. The number of carboxylic acids is 1. The van der Waals surface area contributed by atoms with Crippen LogP contribution in [0.4, 0.5) is 0 Å². The van der Waals surface area contributed by atoms with E-state index in [1.165, 1.54) is 5.56 Å². The molecular weight excluding hydrogens is 426 g/mol. The topological polar surface area (TPSA) is 68.5 Å². The minimum absolute atomic E-state index is 0.177. The van der Waals surface area contributed by atoms with E-state index < -0.39 is 11.9 Å².